The Morgan fingerprint density at radius 2 is 1.89 bits per heavy atom. The summed E-state index contributed by atoms with van der Waals surface area (Å²) < 4.78 is 13.4. The molecular weight excluding hydrogens is 237 g/mol. The first-order valence-electron chi connectivity index (χ1n) is 6.65. The molecule has 0 aliphatic carbocycles. The zero-order valence-corrected chi connectivity index (χ0v) is 11.7. The van der Waals surface area contributed by atoms with Gasteiger partial charge in [0.15, 0.2) is 0 Å². The third-order valence-corrected chi connectivity index (χ3v) is 3.10. The van der Waals surface area contributed by atoms with Crippen molar-refractivity contribution in [3.8, 4) is 11.1 Å². The molecule has 0 amide bonds. The van der Waals surface area contributed by atoms with Gasteiger partial charge in [-0.15, -0.1) is 0 Å². The van der Waals surface area contributed by atoms with Gasteiger partial charge in [0.1, 0.15) is 5.82 Å². The highest BCUT2D eigenvalue weighted by atomic mass is 19.1. The standard InChI is InChI=1S/C17H20FN/c1-12(2)19-11-15-10-16(18)7-8-17(15)14-6-4-5-13(3)9-14/h4-10,12,19H,11H2,1-3H3. The van der Waals surface area contributed by atoms with E-state index in [1.165, 1.54) is 11.6 Å². The van der Waals surface area contributed by atoms with Crippen LogP contribution in [0.3, 0.4) is 0 Å². The molecule has 1 nitrogen and oxygen atoms in total. The highest BCUT2D eigenvalue weighted by Crippen LogP contribution is 2.25. The summed E-state index contributed by atoms with van der Waals surface area (Å²) in [5.74, 6) is -0.183. The second kappa shape index (κ2) is 5.98. The maximum absolute atomic E-state index is 13.4. The van der Waals surface area contributed by atoms with Gasteiger partial charge in [0.25, 0.3) is 0 Å². The van der Waals surface area contributed by atoms with Gasteiger partial charge in [-0.2, -0.15) is 0 Å². The fraction of sp³-hybridized carbons (Fsp3) is 0.294. The molecule has 0 aromatic heterocycles. The van der Waals surface area contributed by atoms with Gasteiger partial charge in [0.2, 0.25) is 0 Å². The lowest BCUT2D eigenvalue weighted by atomic mass is 9.98. The van der Waals surface area contributed by atoms with Crippen LogP contribution in [0.25, 0.3) is 11.1 Å². The van der Waals surface area contributed by atoms with E-state index >= 15 is 0 Å². The lowest BCUT2D eigenvalue weighted by molar-refractivity contribution is 0.582. The van der Waals surface area contributed by atoms with E-state index in [2.05, 4.69) is 44.3 Å². The van der Waals surface area contributed by atoms with Crippen molar-refractivity contribution >= 4 is 0 Å². The monoisotopic (exact) mass is 257 g/mol. The van der Waals surface area contributed by atoms with E-state index in [-0.39, 0.29) is 5.82 Å². The molecule has 0 saturated carbocycles. The Balaban J connectivity index is 2.38. The molecule has 2 aromatic carbocycles. The molecule has 0 saturated heterocycles. The molecule has 19 heavy (non-hydrogen) atoms. The van der Waals surface area contributed by atoms with Gasteiger partial charge in [0, 0.05) is 12.6 Å². The number of halogens is 1. The fourth-order valence-electron chi connectivity index (χ4n) is 2.12. The van der Waals surface area contributed by atoms with E-state index in [1.807, 2.05) is 12.1 Å². The summed E-state index contributed by atoms with van der Waals surface area (Å²) in [6.45, 7) is 6.93. The van der Waals surface area contributed by atoms with Crippen LogP contribution in [-0.4, -0.2) is 6.04 Å². The number of aryl methyl sites for hydroxylation is 1. The van der Waals surface area contributed by atoms with Crippen molar-refractivity contribution in [2.75, 3.05) is 0 Å². The average molecular weight is 257 g/mol. The first-order valence-corrected chi connectivity index (χ1v) is 6.65. The van der Waals surface area contributed by atoms with Crippen molar-refractivity contribution in [1.82, 2.24) is 5.32 Å². The summed E-state index contributed by atoms with van der Waals surface area (Å²) in [5.41, 5.74) is 4.45. The van der Waals surface area contributed by atoms with Gasteiger partial charge < -0.3 is 5.32 Å². The molecule has 0 fully saturated rings. The number of hydrogen-bond donors (Lipinski definition) is 1. The Labute approximate surface area is 114 Å². The van der Waals surface area contributed by atoms with E-state index in [1.54, 1.807) is 6.07 Å². The molecule has 2 rings (SSSR count). The third kappa shape index (κ3) is 3.65. The van der Waals surface area contributed by atoms with Gasteiger partial charge in [-0.3, -0.25) is 0 Å². The quantitative estimate of drug-likeness (QED) is 0.861. The third-order valence-electron chi connectivity index (χ3n) is 3.10. The molecule has 100 valence electrons. The van der Waals surface area contributed by atoms with Gasteiger partial charge >= 0.3 is 0 Å². The Morgan fingerprint density at radius 3 is 2.58 bits per heavy atom. The summed E-state index contributed by atoms with van der Waals surface area (Å²) in [6, 6.07) is 13.7. The topological polar surface area (TPSA) is 12.0 Å². The summed E-state index contributed by atoms with van der Waals surface area (Å²) >= 11 is 0. The molecule has 0 bridgehead atoms. The lowest BCUT2D eigenvalue weighted by Crippen LogP contribution is -2.22. The predicted molar refractivity (Wildman–Crippen MR) is 78.5 cm³/mol. The Bertz CT molecular complexity index is 561. The first kappa shape index (κ1) is 13.8. The average Bonchev–Trinajstić information content (AvgIpc) is 2.36. The normalized spacial score (nSPS) is 11.0. The Hall–Kier alpha value is -1.67. The van der Waals surface area contributed by atoms with E-state index < -0.39 is 0 Å². The smallest absolute Gasteiger partial charge is 0.123 e. The van der Waals surface area contributed by atoms with Gasteiger partial charge in [-0.1, -0.05) is 49.7 Å². The largest absolute Gasteiger partial charge is 0.310 e. The number of hydrogen-bond acceptors (Lipinski definition) is 1. The zero-order valence-electron chi connectivity index (χ0n) is 11.7. The highest BCUT2D eigenvalue weighted by molar-refractivity contribution is 5.68. The van der Waals surface area contributed by atoms with E-state index in [4.69, 9.17) is 0 Å². The second-order valence-electron chi connectivity index (χ2n) is 5.21. The molecule has 0 spiro atoms. The minimum atomic E-state index is -0.183. The lowest BCUT2D eigenvalue weighted by Gasteiger charge is -2.13. The second-order valence-corrected chi connectivity index (χ2v) is 5.21. The van der Waals surface area contributed by atoms with Crippen LogP contribution in [0.2, 0.25) is 0 Å². The fourth-order valence-corrected chi connectivity index (χ4v) is 2.12. The molecule has 0 heterocycles. The van der Waals surface area contributed by atoms with Gasteiger partial charge in [-0.25, -0.2) is 4.39 Å². The van der Waals surface area contributed by atoms with E-state index in [0.29, 0.717) is 12.6 Å². The van der Waals surface area contributed by atoms with Crippen LogP contribution in [0.1, 0.15) is 25.0 Å². The zero-order chi connectivity index (χ0) is 13.8. The van der Waals surface area contributed by atoms with E-state index in [9.17, 15) is 4.39 Å². The van der Waals surface area contributed by atoms with Crippen LogP contribution in [-0.2, 0) is 6.54 Å². The molecule has 0 radical (unpaired) electrons. The van der Waals surface area contributed by atoms with Crippen molar-refractivity contribution < 1.29 is 4.39 Å². The molecule has 0 aliphatic heterocycles. The van der Waals surface area contributed by atoms with E-state index in [0.717, 1.165) is 16.7 Å². The van der Waals surface area contributed by atoms with Gasteiger partial charge in [0.05, 0.1) is 0 Å². The molecule has 0 aliphatic rings. The van der Waals surface area contributed by atoms with Crippen molar-refractivity contribution in [3.63, 3.8) is 0 Å². The van der Waals surface area contributed by atoms with Crippen LogP contribution < -0.4 is 5.32 Å². The van der Waals surface area contributed by atoms with Crippen LogP contribution in [0.5, 0.6) is 0 Å². The molecule has 2 aromatic rings. The van der Waals surface area contributed by atoms with Crippen molar-refractivity contribution in [2.45, 2.75) is 33.4 Å². The molecule has 2 heteroatoms. The molecular formula is C17H20FN. The Kier molecular flexibility index (Phi) is 4.33. The molecule has 1 N–H and O–H groups in total. The number of rotatable bonds is 4. The SMILES string of the molecule is Cc1cccc(-c2ccc(F)cc2CNC(C)C)c1. The molecule has 0 unspecified atom stereocenters. The van der Waals surface area contributed by atoms with Crippen LogP contribution in [0.4, 0.5) is 4.39 Å². The summed E-state index contributed by atoms with van der Waals surface area (Å²) in [6.07, 6.45) is 0. The van der Waals surface area contributed by atoms with Crippen molar-refractivity contribution in [2.24, 2.45) is 0 Å². The van der Waals surface area contributed by atoms with Crippen molar-refractivity contribution in [3.05, 3.63) is 59.4 Å². The summed E-state index contributed by atoms with van der Waals surface area (Å²) in [5, 5.41) is 3.35. The Morgan fingerprint density at radius 1 is 1.11 bits per heavy atom. The van der Waals surface area contributed by atoms with Crippen molar-refractivity contribution in [1.29, 1.82) is 0 Å². The van der Waals surface area contributed by atoms with Crippen LogP contribution >= 0.6 is 0 Å². The van der Waals surface area contributed by atoms with Crippen LogP contribution in [0.15, 0.2) is 42.5 Å². The maximum atomic E-state index is 13.4. The first-order chi connectivity index (χ1) is 9.06. The number of benzene rings is 2. The van der Waals surface area contributed by atoms with Gasteiger partial charge in [-0.05, 0) is 35.7 Å². The molecule has 0 atom stereocenters. The summed E-state index contributed by atoms with van der Waals surface area (Å²) in [7, 11) is 0. The minimum Gasteiger partial charge on any atom is -0.310 e. The highest BCUT2D eigenvalue weighted by Gasteiger charge is 2.07. The predicted octanol–water partition coefficient (Wildman–Crippen LogP) is 4.30. The summed E-state index contributed by atoms with van der Waals surface area (Å²) in [4.78, 5) is 0. The number of nitrogens with one attached hydrogen (secondary N) is 1. The van der Waals surface area contributed by atoms with Crippen LogP contribution in [0, 0.1) is 12.7 Å². The minimum absolute atomic E-state index is 0.183. The maximum Gasteiger partial charge on any atom is 0.123 e.